The lowest BCUT2D eigenvalue weighted by Crippen LogP contribution is -2.29. The molecule has 0 unspecified atom stereocenters. The molecule has 0 radical (unpaired) electrons. The van der Waals surface area contributed by atoms with Crippen LogP contribution < -0.4 is 10.1 Å². The van der Waals surface area contributed by atoms with Crippen molar-refractivity contribution in [2.24, 2.45) is 11.8 Å². The highest BCUT2D eigenvalue weighted by Crippen LogP contribution is 2.36. The van der Waals surface area contributed by atoms with Crippen molar-refractivity contribution in [2.45, 2.75) is 38.6 Å². The standard InChI is InChI=1S/C28H32N2O5/c31-26(29-16-21-6-2-1-3-7-21)19-35-25-12-10-20(11-13-25)14-24(28(33)34)15-27(32)30-17-22-8-4-5-9-23(22)18-30/h1-3,6-7,10-14,22-23H,4-5,8-9,15-19H2,(H,29,31)(H,33,34)/b24-14+/t22-,23+. The highest BCUT2D eigenvalue weighted by molar-refractivity contribution is 5.98. The van der Waals surface area contributed by atoms with Crippen LogP contribution in [0.3, 0.4) is 0 Å². The van der Waals surface area contributed by atoms with Crippen LogP contribution in [0.2, 0.25) is 0 Å². The van der Waals surface area contributed by atoms with Gasteiger partial charge in [-0.2, -0.15) is 0 Å². The summed E-state index contributed by atoms with van der Waals surface area (Å²) in [5.74, 6) is 0.201. The molecule has 1 saturated heterocycles. The van der Waals surface area contributed by atoms with Gasteiger partial charge in [-0.1, -0.05) is 55.3 Å². The van der Waals surface area contributed by atoms with Crippen molar-refractivity contribution in [3.05, 3.63) is 71.3 Å². The summed E-state index contributed by atoms with van der Waals surface area (Å²) in [5, 5.41) is 12.5. The number of carboxylic acid groups (broad SMARTS) is 1. The van der Waals surface area contributed by atoms with Crippen LogP contribution in [-0.4, -0.2) is 47.5 Å². The van der Waals surface area contributed by atoms with Crippen LogP contribution in [0.25, 0.3) is 6.08 Å². The minimum Gasteiger partial charge on any atom is -0.484 e. The molecule has 35 heavy (non-hydrogen) atoms. The predicted octanol–water partition coefficient (Wildman–Crippen LogP) is 3.89. The summed E-state index contributed by atoms with van der Waals surface area (Å²) in [5.41, 5.74) is 1.73. The molecule has 0 bridgehead atoms. The van der Waals surface area contributed by atoms with Gasteiger partial charge in [-0.25, -0.2) is 4.79 Å². The third kappa shape index (κ3) is 6.94. The number of hydrogen-bond donors (Lipinski definition) is 2. The molecule has 184 valence electrons. The van der Waals surface area contributed by atoms with Gasteiger partial charge >= 0.3 is 5.97 Å². The van der Waals surface area contributed by atoms with E-state index in [-0.39, 0.29) is 30.4 Å². The number of nitrogens with zero attached hydrogens (tertiary/aromatic N) is 1. The maximum atomic E-state index is 12.8. The summed E-state index contributed by atoms with van der Waals surface area (Å²) in [6, 6.07) is 16.4. The first kappa shape index (κ1) is 24.5. The van der Waals surface area contributed by atoms with E-state index in [0.717, 1.165) is 18.7 Å². The Balaban J connectivity index is 1.28. The van der Waals surface area contributed by atoms with E-state index in [2.05, 4.69) is 5.32 Å². The van der Waals surface area contributed by atoms with Gasteiger partial charge in [0.2, 0.25) is 5.91 Å². The average molecular weight is 477 g/mol. The second-order valence-electron chi connectivity index (χ2n) is 9.37. The molecule has 1 heterocycles. The number of fused-ring (bicyclic) bond motifs is 1. The lowest BCUT2D eigenvalue weighted by Gasteiger charge is -2.22. The number of carbonyl (C=O) groups excluding carboxylic acids is 2. The fraction of sp³-hybridized carbons (Fsp3) is 0.393. The zero-order valence-corrected chi connectivity index (χ0v) is 19.8. The SMILES string of the molecule is O=C(COc1ccc(/C=C(\CC(=O)N2C[C@H]3CCCC[C@H]3C2)C(=O)O)cc1)NCc1ccccc1. The Labute approximate surface area is 205 Å². The Hall–Kier alpha value is -3.61. The maximum Gasteiger partial charge on any atom is 0.332 e. The van der Waals surface area contributed by atoms with E-state index in [1.807, 2.05) is 35.2 Å². The van der Waals surface area contributed by atoms with Crippen molar-refractivity contribution >= 4 is 23.9 Å². The second kappa shape index (κ2) is 11.7. The summed E-state index contributed by atoms with van der Waals surface area (Å²) in [6.07, 6.45) is 6.19. The number of rotatable bonds is 9. The average Bonchev–Trinajstić information content (AvgIpc) is 3.32. The minimum atomic E-state index is -1.09. The van der Waals surface area contributed by atoms with Gasteiger partial charge < -0.3 is 20.1 Å². The topological polar surface area (TPSA) is 95.9 Å². The highest BCUT2D eigenvalue weighted by Gasteiger charge is 2.36. The molecule has 1 aliphatic carbocycles. The molecule has 2 aliphatic rings. The zero-order chi connectivity index (χ0) is 24.6. The largest absolute Gasteiger partial charge is 0.484 e. The summed E-state index contributed by atoms with van der Waals surface area (Å²) in [4.78, 5) is 38.5. The number of benzene rings is 2. The van der Waals surface area contributed by atoms with E-state index in [9.17, 15) is 19.5 Å². The van der Waals surface area contributed by atoms with Crippen LogP contribution in [0.5, 0.6) is 5.75 Å². The van der Waals surface area contributed by atoms with Crippen LogP contribution in [-0.2, 0) is 20.9 Å². The molecule has 2 amide bonds. The quantitative estimate of drug-likeness (QED) is 0.536. The molecule has 2 N–H and O–H groups in total. The number of nitrogens with one attached hydrogen (secondary N) is 1. The first-order valence-electron chi connectivity index (χ1n) is 12.2. The van der Waals surface area contributed by atoms with Crippen LogP contribution in [0.4, 0.5) is 0 Å². The van der Waals surface area contributed by atoms with Gasteiger partial charge in [-0.15, -0.1) is 0 Å². The van der Waals surface area contributed by atoms with E-state index in [1.165, 1.54) is 31.8 Å². The molecule has 2 fully saturated rings. The maximum absolute atomic E-state index is 12.8. The molecule has 7 nitrogen and oxygen atoms in total. The smallest absolute Gasteiger partial charge is 0.332 e. The molecule has 1 saturated carbocycles. The molecule has 0 aromatic heterocycles. The van der Waals surface area contributed by atoms with Gasteiger partial charge in [-0.3, -0.25) is 9.59 Å². The molecular weight excluding hydrogens is 444 g/mol. The Bertz CT molecular complexity index is 1050. The normalized spacial score (nSPS) is 19.7. The highest BCUT2D eigenvalue weighted by atomic mass is 16.5. The zero-order valence-electron chi connectivity index (χ0n) is 19.8. The van der Waals surface area contributed by atoms with Crippen LogP contribution in [0.1, 0.15) is 43.2 Å². The van der Waals surface area contributed by atoms with Crippen molar-refractivity contribution in [1.29, 1.82) is 0 Å². The van der Waals surface area contributed by atoms with Gasteiger partial charge in [0.25, 0.3) is 5.91 Å². The monoisotopic (exact) mass is 476 g/mol. The molecule has 4 rings (SSSR count). The van der Waals surface area contributed by atoms with Crippen molar-refractivity contribution in [3.8, 4) is 5.75 Å². The molecule has 2 atom stereocenters. The molecule has 0 spiro atoms. The number of carboxylic acids is 1. The Morgan fingerprint density at radius 1 is 0.971 bits per heavy atom. The number of carbonyl (C=O) groups is 3. The minimum absolute atomic E-state index is 0.0684. The Morgan fingerprint density at radius 2 is 1.63 bits per heavy atom. The fourth-order valence-electron chi connectivity index (χ4n) is 4.93. The van der Waals surface area contributed by atoms with Gasteiger partial charge in [0.15, 0.2) is 6.61 Å². The molecular formula is C28H32N2O5. The number of aliphatic carboxylic acids is 1. The number of ether oxygens (including phenoxy) is 1. The second-order valence-corrected chi connectivity index (χ2v) is 9.37. The van der Waals surface area contributed by atoms with Gasteiger partial charge in [0, 0.05) is 25.2 Å². The van der Waals surface area contributed by atoms with Crippen molar-refractivity contribution in [1.82, 2.24) is 10.2 Å². The first-order valence-corrected chi connectivity index (χ1v) is 12.2. The van der Waals surface area contributed by atoms with Gasteiger partial charge in [0.1, 0.15) is 5.75 Å². The van der Waals surface area contributed by atoms with Crippen LogP contribution in [0, 0.1) is 11.8 Å². The third-order valence-corrected chi connectivity index (χ3v) is 6.87. The van der Waals surface area contributed by atoms with E-state index in [1.54, 1.807) is 24.3 Å². The summed E-state index contributed by atoms with van der Waals surface area (Å²) >= 11 is 0. The summed E-state index contributed by atoms with van der Waals surface area (Å²) in [6.45, 7) is 1.82. The van der Waals surface area contributed by atoms with Crippen molar-refractivity contribution in [3.63, 3.8) is 0 Å². The summed E-state index contributed by atoms with van der Waals surface area (Å²) in [7, 11) is 0. The molecule has 2 aromatic carbocycles. The van der Waals surface area contributed by atoms with E-state index in [0.29, 0.717) is 29.7 Å². The van der Waals surface area contributed by atoms with Crippen LogP contribution >= 0.6 is 0 Å². The Kier molecular flexibility index (Phi) is 8.19. The predicted molar refractivity (Wildman–Crippen MR) is 132 cm³/mol. The first-order chi connectivity index (χ1) is 17.0. The van der Waals surface area contributed by atoms with E-state index in [4.69, 9.17) is 4.74 Å². The number of likely N-dealkylation sites (tertiary alicyclic amines) is 1. The number of hydrogen-bond acceptors (Lipinski definition) is 4. The lowest BCUT2D eigenvalue weighted by molar-refractivity contribution is -0.136. The van der Waals surface area contributed by atoms with Gasteiger partial charge in [0.05, 0.1) is 6.42 Å². The van der Waals surface area contributed by atoms with Crippen LogP contribution in [0.15, 0.2) is 60.2 Å². The van der Waals surface area contributed by atoms with E-state index < -0.39 is 5.97 Å². The lowest BCUT2D eigenvalue weighted by atomic mass is 9.82. The third-order valence-electron chi connectivity index (χ3n) is 6.87. The molecule has 2 aromatic rings. The molecule has 1 aliphatic heterocycles. The summed E-state index contributed by atoms with van der Waals surface area (Å²) < 4.78 is 5.53. The van der Waals surface area contributed by atoms with E-state index >= 15 is 0 Å². The van der Waals surface area contributed by atoms with Crippen molar-refractivity contribution < 1.29 is 24.2 Å². The number of amides is 2. The molecule has 7 heteroatoms. The fourth-order valence-corrected chi connectivity index (χ4v) is 4.93. The Morgan fingerprint density at radius 3 is 2.26 bits per heavy atom. The van der Waals surface area contributed by atoms with Crippen molar-refractivity contribution in [2.75, 3.05) is 19.7 Å². The van der Waals surface area contributed by atoms with Gasteiger partial charge in [-0.05, 0) is 54.0 Å².